The molecule has 0 aliphatic heterocycles. The van der Waals surface area contributed by atoms with Crippen LogP contribution in [-0.4, -0.2) is 5.78 Å². The van der Waals surface area contributed by atoms with Crippen LogP contribution < -0.4 is 0 Å². The van der Waals surface area contributed by atoms with Crippen molar-refractivity contribution in [2.45, 2.75) is 94.9 Å². The minimum absolute atomic E-state index is 0.0505. The second-order valence-electron chi connectivity index (χ2n) is 13.2. The van der Waals surface area contributed by atoms with E-state index in [2.05, 4.69) is 153 Å². The molecule has 1 unspecified atom stereocenters. The number of rotatable bonds is 10. The molecule has 1 heteroatoms. The highest BCUT2D eigenvalue weighted by Gasteiger charge is 2.31. The van der Waals surface area contributed by atoms with Gasteiger partial charge in [0, 0.05) is 12.3 Å². The minimum atomic E-state index is 0.0505. The molecule has 2 aliphatic carbocycles. The predicted octanol–water partition coefficient (Wildman–Crippen LogP) is 11.6. The zero-order valence-electron chi connectivity index (χ0n) is 27.5. The SMILES string of the molecule is CC(C=CC=C(C)C=CC1=C(C)C(=O)CCC1(C)C)=CC=CC=C(C)C=CC=C(C)C=CC1C(C)=CCCC1(C)C. The minimum Gasteiger partial charge on any atom is -0.295 e. The van der Waals surface area contributed by atoms with E-state index < -0.39 is 0 Å². The normalized spacial score (nSPS) is 23.3. The van der Waals surface area contributed by atoms with Crippen LogP contribution in [0.2, 0.25) is 0 Å². The van der Waals surface area contributed by atoms with E-state index in [4.69, 9.17) is 0 Å². The quantitative estimate of drug-likeness (QED) is 0.195. The summed E-state index contributed by atoms with van der Waals surface area (Å²) in [7, 11) is 0. The van der Waals surface area contributed by atoms with E-state index in [-0.39, 0.29) is 11.2 Å². The number of carbonyl (C=O) groups excluding carboxylic acids is 1. The molecule has 0 N–H and O–H groups in total. The summed E-state index contributed by atoms with van der Waals surface area (Å²) < 4.78 is 0. The monoisotopic (exact) mass is 550 g/mol. The zero-order chi connectivity index (χ0) is 30.6. The fourth-order valence-corrected chi connectivity index (χ4v) is 5.54. The van der Waals surface area contributed by atoms with Crippen molar-refractivity contribution in [2.75, 3.05) is 0 Å². The van der Waals surface area contributed by atoms with Crippen molar-refractivity contribution in [1.29, 1.82) is 0 Å². The highest BCUT2D eigenvalue weighted by atomic mass is 16.1. The van der Waals surface area contributed by atoms with Gasteiger partial charge in [0.05, 0.1) is 0 Å². The van der Waals surface area contributed by atoms with Crippen molar-refractivity contribution in [3.8, 4) is 0 Å². The average Bonchev–Trinajstić information content (AvgIpc) is 2.88. The Hall–Kier alpha value is -3.19. The molecule has 0 heterocycles. The maximum absolute atomic E-state index is 12.2. The molecule has 1 atom stereocenters. The summed E-state index contributed by atoms with van der Waals surface area (Å²) >= 11 is 0. The first kappa shape index (κ1) is 34.0. The average molecular weight is 551 g/mol. The van der Waals surface area contributed by atoms with E-state index in [0.29, 0.717) is 17.8 Å². The van der Waals surface area contributed by atoms with Crippen molar-refractivity contribution >= 4 is 5.78 Å². The van der Waals surface area contributed by atoms with Gasteiger partial charge in [-0.3, -0.25) is 4.79 Å². The Morgan fingerprint density at radius 3 is 1.80 bits per heavy atom. The van der Waals surface area contributed by atoms with Crippen molar-refractivity contribution in [3.05, 3.63) is 130 Å². The third-order valence-corrected chi connectivity index (χ3v) is 8.45. The fourth-order valence-electron chi connectivity index (χ4n) is 5.54. The molecule has 0 radical (unpaired) electrons. The second kappa shape index (κ2) is 15.7. The Balaban J connectivity index is 1.90. The van der Waals surface area contributed by atoms with Crippen LogP contribution in [0.5, 0.6) is 0 Å². The summed E-state index contributed by atoms with van der Waals surface area (Å²) in [6.45, 7) is 21.9. The van der Waals surface area contributed by atoms with Crippen LogP contribution in [0.4, 0.5) is 0 Å². The molecule has 0 saturated carbocycles. The predicted molar refractivity (Wildman–Crippen MR) is 182 cm³/mol. The van der Waals surface area contributed by atoms with E-state index in [9.17, 15) is 4.79 Å². The van der Waals surface area contributed by atoms with E-state index in [1.807, 2.05) is 6.92 Å². The second-order valence-corrected chi connectivity index (χ2v) is 13.2. The summed E-state index contributed by atoms with van der Waals surface area (Å²) in [6, 6.07) is 0. The van der Waals surface area contributed by atoms with Crippen molar-refractivity contribution in [3.63, 3.8) is 0 Å². The van der Waals surface area contributed by atoms with Crippen LogP contribution in [-0.2, 0) is 4.79 Å². The lowest BCUT2D eigenvalue weighted by molar-refractivity contribution is -0.116. The van der Waals surface area contributed by atoms with E-state index in [1.54, 1.807) is 0 Å². The third kappa shape index (κ3) is 11.3. The topological polar surface area (TPSA) is 17.1 Å². The van der Waals surface area contributed by atoms with Gasteiger partial charge in [0.25, 0.3) is 0 Å². The fraction of sp³-hybridized carbons (Fsp3) is 0.425. The molecule has 0 fully saturated rings. The lowest BCUT2D eigenvalue weighted by Gasteiger charge is -2.36. The first-order valence-electron chi connectivity index (χ1n) is 15.2. The Kier molecular flexibility index (Phi) is 13.0. The number of Topliss-reactive ketones (excluding diaryl/α,β-unsaturated/α-hetero) is 1. The Bertz CT molecular complexity index is 1280. The molecule has 0 aromatic rings. The van der Waals surface area contributed by atoms with Crippen LogP contribution in [0.15, 0.2) is 130 Å². The van der Waals surface area contributed by atoms with Gasteiger partial charge >= 0.3 is 0 Å². The number of carbonyl (C=O) groups is 1. The highest BCUT2D eigenvalue weighted by Crippen LogP contribution is 2.42. The van der Waals surface area contributed by atoms with Gasteiger partial charge in [-0.1, -0.05) is 147 Å². The molecule has 0 spiro atoms. The number of hydrogen-bond acceptors (Lipinski definition) is 1. The third-order valence-electron chi connectivity index (χ3n) is 8.45. The summed E-state index contributed by atoms with van der Waals surface area (Å²) in [5, 5.41) is 0. The van der Waals surface area contributed by atoms with Gasteiger partial charge in [0.15, 0.2) is 5.78 Å². The van der Waals surface area contributed by atoms with E-state index in [1.165, 1.54) is 40.7 Å². The summed E-state index contributed by atoms with van der Waals surface area (Å²) in [5.74, 6) is 0.801. The molecule has 220 valence electrons. The molecular formula is C40H54O. The van der Waals surface area contributed by atoms with E-state index >= 15 is 0 Å². The number of hydrogen-bond donors (Lipinski definition) is 0. The zero-order valence-corrected chi connectivity index (χ0v) is 27.5. The first-order valence-corrected chi connectivity index (χ1v) is 15.2. The molecule has 1 nitrogen and oxygen atoms in total. The van der Waals surface area contributed by atoms with Gasteiger partial charge in [-0.2, -0.15) is 0 Å². The summed E-state index contributed by atoms with van der Waals surface area (Å²) in [4.78, 5) is 12.2. The van der Waals surface area contributed by atoms with E-state index in [0.717, 1.165) is 17.6 Å². The highest BCUT2D eigenvalue weighted by molar-refractivity contribution is 5.97. The van der Waals surface area contributed by atoms with Crippen molar-refractivity contribution in [2.24, 2.45) is 16.7 Å². The van der Waals surface area contributed by atoms with Crippen LogP contribution in [0.1, 0.15) is 94.9 Å². The van der Waals surface area contributed by atoms with Crippen LogP contribution in [0, 0.1) is 16.7 Å². The molecule has 2 aliphatic rings. The molecule has 0 amide bonds. The Morgan fingerprint density at radius 1 is 0.732 bits per heavy atom. The standard InChI is InChI=1S/C40H54O/c1-30(18-13-20-32(3)23-25-36-34(5)22-15-28-39(36,7)8)16-11-12-17-31(2)19-14-21-33(4)24-26-37-35(6)38(41)27-29-40(37,9)10/h11-14,16-26,36H,15,27-29H2,1-10H3. The van der Waals surface area contributed by atoms with Crippen molar-refractivity contribution in [1.82, 2.24) is 0 Å². The summed E-state index contributed by atoms with van der Waals surface area (Å²) in [6.07, 6.45) is 36.5. The summed E-state index contributed by atoms with van der Waals surface area (Å²) in [5.41, 5.74) is 8.78. The molecule has 0 saturated heterocycles. The van der Waals surface area contributed by atoms with Crippen LogP contribution in [0.3, 0.4) is 0 Å². The Labute approximate surface area is 252 Å². The van der Waals surface area contributed by atoms with Crippen LogP contribution in [0.25, 0.3) is 0 Å². The lowest BCUT2D eigenvalue weighted by atomic mass is 9.68. The van der Waals surface area contributed by atoms with Gasteiger partial charge in [0.1, 0.15) is 0 Å². The van der Waals surface area contributed by atoms with Gasteiger partial charge < -0.3 is 0 Å². The Morgan fingerprint density at radius 2 is 1.24 bits per heavy atom. The maximum atomic E-state index is 12.2. The molecular weight excluding hydrogens is 496 g/mol. The lowest BCUT2D eigenvalue weighted by Crippen LogP contribution is -2.26. The molecule has 41 heavy (non-hydrogen) atoms. The maximum Gasteiger partial charge on any atom is 0.158 e. The molecule has 0 aromatic carbocycles. The molecule has 2 rings (SSSR count). The largest absolute Gasteiger partial charge is 0.295 e. The first-order chi connectivity index (χ1) is 19.2. The van der Waals surface area contributed by atoms with Gasteiger partial charge in [-0.05, 0) is 82.8 Å². The van der Waals surface area contributed by atoms with Crippen LogP contribution >= 0.6 is 0 Å². The smallest absolute Gasteiger partial charge is 0.158 e. The molecule has 0 bridgehead atoms. The van der Waals surface area contributed by atoms with Crippen molar-refractivity contribution < 1.29 is 4.79 Å². The number of allylic oxidation sites excluding steroid dienone is 22. The van der Waals surface area contributed by atoms with Gasteiger partial charge in [0.2, 0.25) is 0 Å². The number of ketones is 1. The molecule has 0 aromatic heterocycles. The van der Waals surface area contributed by atoms with Gasteiger partial charge in [-0.15, -0.1) is 0 Å². The van der Waals surface area contributed by atoms with Gasteiger partial charge in [-0.25, -0.2) is 0 Å².